The zero-order valence-electron chi connectivity index (χ0n) is 9.77. The molecule has 0 saturated carbocycles. The van der Waals surface area contributed by atoms with Gasteiger partial charge in [-0.15, -0.1) is 0 Å². The molecule has 1 atom stereocenters. The normalized spacial score (nSPS) is 11.7. The predicted octanol–water partition coefficient (Wildman–Crippen LogP) is 2.47. The molecule has 0 spiro atoms. The number of hydrogen-bond acceptors (Lipinski definition) is 2. The second kappa shape index (κ2) is 6.10. The molecule has 2 rings (SSSR count). The van der Waals surface area contributed by atoms with Crippen LogP contribution in [-0.2, 0) is 22.4 Å². The molecule has 1 aromatic heterocycles. The average molecular weight is 360 g/mol. The summed E-state index contributed by atoms with van der Waals surface area (Å²) in [6.45, 7) is 1.58. The van der Waals surface area contributed by atoms with E-state index in [9.17, 15) is 13.6 Å². The molecule has 0 aliphatic carbocycles. The fourth-order valence-electron chi connectivity index (χ4n) is 1.80. The van der Waals surface area contributed by atoms with Crippen LogP contribution in [0.5, 0.6) is 0 Å². The van der Waals surface area contributed by atoms with E-state index < -0.39 is 29.7 Å². The predicted molar refractivity (Wildman–Crippen MR) is 59.4 cm³/mol. The van der Waals surface area contributed by atoms with Gasteiger partial charge in [0, 0.05) is 22.4 Å². The molecule has 0 fully saturated rings. The van der Waals surface area contributed by atoms with Gasteiger partial charge in [0.2, 0.25) is 5.95 Å². The maximum Gasteiger partial charge on any atom is 0.357 e. The molecular weight excluding hydrogens is 350 g/mol. The number of rotatable bonds is 3. The van der Waals surface area contributed by atoms with Crippen molar-refractivity contribution < 1.29 is 41.1 Å². The van der Waals surface area contributed by atoms with Gasteiger partial charge in [-0.3, -0.25) is 4.57 Å². The van der Waals surface area contributed by atoms with Crippen LogP contribution in [0.4, 0.5) is 8.78 Å². The maximum atomic E-state index is 13.5. The molecule has 1 heterocycles. The van der Waals surface area contributed by atoms with Crippen molar-refractivity contribution in [2.75, 3.05) is 0 Å². The van der Waals surface area contributed by atoms with Gasteiger partial charge in [0.05, 0.1) is 6.04 Å². The Hall–Kier alpha value is -1.50. The van der Waals surface area contributed by atoms with E-state index in [4.69, 9.17) is 5.11 Å². The molecule has 1 radical (unpaired) electrons. The summed E-state index contributed by atoms with van der Waals surface area (Å²) < 4.78 is 27.5. The standard InChI is InChI=1S/C12H10F2N2O2.Ag/c1-7(8-5-3-2-4-6-8)16-9(11(17)18)10(13)15-12(16)14;/h2-7H,1H3,(H,17,18);. The van der Waals surface area contributed by atoms with E-state index in [2.05, 4.69) is 4.98 Å². The van der Waals surface area contributed by atoms with Gasteiger partial charge in [0.1, 0.15) is 0 Å². The number of carboxylic acids is 1. The minimum Gasteiger partial charge on any atom is -0.476 e. The number of carboxylic acid groups (broad SMARTS) is 1. The van der Waals surface area contributed by atoms with E-state index in [-0.39, 0.29) is 22.4 Å². The quantitative estimate of drug-likeness (QED) is 0.856. The van der Waals surface area contributed by atoms with Crippen LogP contribution in [0.1, 0.15) is 29.0 Å². The van der Waals surface area contributed by atoms with Gasteiger partial charge in [0.25, 0.3) is 6.08 Å². The van der Waals surface area contributed by atoms with E-state index >= 15 is 0 Å². The van der Waals surface area contributed by atoms with Gasteiger partial charge in [-0.2, -0.15) is 13.8 Å². The first kappa shape index (κ1) is 15.6. The maximum absolute atomic E-state index is 13.5. The summed E-state index contributed by atoms with van der Waals surface area (Å²) in [6.07, 6.45) is -1.15. The van der Waals surface area contributed by atoms with Crippen molar-refractivity contribution in [3.05, 3.63) is 53.6 Å². The van der Waals surface area contributed by atoms with Gasteiger partial charge in [-0.05, 0) is 12.5 Å². The number of aromatic carboxylic acids is 1. The Kier molecular flexibility index (Phi) is 4.99. The third-order valence-electron chi connectivity index (χ3n) is 2.70. The Labute approximate surface area is 123 Å². The van der Waals surface area contributed by atoms with Gasteiger partial charge < -0.3 is 5.11 Å². The second-order valence-corrected chi connectivity index (χ2v) is 3.78. The number of imidazole rings is 1. The number of nitrogens with zero attached hydrogens (tertiary/aromatic N) is 2. The molecule has 4 nitrogen and oxygen atoms in total. The Balaban J connectivity index is 0.00000180. The molecule has 0 bridgehead atoms. The number of halogens is 2. The molecule has 0 amide bonds. The number of hydrogen-bond donors (Lipinski definition) is 1. The van der Waals surface area contributed by atoms with Crippen LogP contribution in [0.3, 0.4) is 0 Å². The number of aromatic nitrogens is 2. The first-order valence-corrected chi connectivity index (χ1v) is 5.24. The molecule has 105 valence electrons. The van der Waals surface area contributed by atoms with Crippen molar-refractivity contribution in [2.24, 2.45) is 0 Å². The molecule has 0 aliphatic rings. The van der Waals surface area contributed by atoms with Crippen molar-refractivity contribution in [2.45, 2.75) is 13.0 Å². The summed E-state index contributed by atoms with van der Waals surface area (Å²) in [4.78, 5) is 13.9. The Bertz CT molecular complexity index is 587. The van der Waals surface area contributed by atoms with Crippen molar-refractivity contribution in [1.29, 1.82) is 0 Å². The van der Waals surface area contributed by atoms with E-state index in [0.717, 1.165) is 4.57 Å². The average Bonchev–Trinajstić information content (AvgIpc) is 2.64. The molecule has 1 N–H and O–H groups in total. The number of carbonyl (C=O) groups is 1. The van der Waals surface area contributed by atoms with E-state index in [0.29, 0.717) is 5.56 Å². The van der Waals surface area contributed by atoms with Gasteiger partial charge >= 0.3 is 5.97 Å². The summed E-state index contributed by atoms with van der Waals surface area (Å²) in [5, 5.41) is 8.89. The molecule has 19 heavy (non-hydrogen) atoms. The summed E-state index contributed by atoms with van der Waals surface area (Å²) in [7, 11) is 0. The second-order valence-electron chi connectivity index (χ2n) is 3.78. The van der Waals surface area contributed by atoms with E-state index in [1.165, 1.54) is 0 Å². The van der Waals surface area contributed by atoms with Crippen molar-refractivity contribution in [1.82, 2.24) is 9.55 Å². The van der Waals surface area contributed by atoms with Crippen molar-refractivity contribution in [3.63, 3.8) is 0 Å². The van der Waals surface area contributed by atoms with Gasteiger partial charge in [0.15, 0.2) is 5.69 Å². The summed E-state index contributed by atoms with van der Waals surface area (Å²) >= 11 is 0. The number of benzene rings is 1. The van der Waals surface area contributed by atoms with Gasteiger partial charge in [-0.1, -0.05) is 30.3 Å². The zero-order chi connectivity index (χ0) is 13.3. The summed E-state index contributed by atoms with van der Waals surface area (Å²) in [6, 6.07) is 7.99. The first-order valence-electron chi connectivity index (χ1n) is 5.24. The van der Waals surface area contributed by atoms with Crippen LogP contribution in [0.15, 0.2) is 30.3 Å². The first-order chi connectivity index (χ1) is 8.52. The Morgan fingerprint density at radius 3 is 2.42 bits per heavy atom. The van der Waals surface area contributed by atoms with E-state index in [1.807, 2.05) is 0 Å². The van der Waals surface area contributed by atoms with Crippen LogP contribution in [0, 0.1) is 12.0 Å². The van der Waals surface area contributed by atoms with Crippen molar-refractivity contribution >= 4 is 5.97 Å². The Morgan fingerprint density at radius 2 is 1.89 bits per heavy atom. The third kappa shape index (κ3) is 2.91. The van der Waals surface area contributed by atoms with E-state index in [1.54, 1.807) is 37.3 Å². The molecule has 0 aliphatic heterocycles. The smallest absolute Gasteiger partial charge is 0.357 e. The minimum atomic E-state index is -1.55. The van der Waals surface area contributed by atoms with Crippen LogP contribution in [0.25, 0.3) is 0 Å². The fourth-order valence-corrected chi connectivity index (χ4v) is 1.80. The molecule has 1 unspecified atom stereocenters. The zero-order valence-corrected chi connectivity index (χ0v) is 11.3. The summed E-state index contributed by atoms with van der Waals surface area (Å²) in [5.41, 5.74) is -0.111. The third-order valence-corrected chi connectivity index (χ3v) is 2.70. The van der Waals surface area contributed by atoms with Gasteiger partial charge in [-0.25, -0.2) is 4.79 Å². The largest absolute Gasteiger partial charge is 0.476 e. The van der Waals surface area contributed by atoms with Crippen LogP contribution in [-0.4, -0.2) is 20.6 Å². The molecule has 7 heteroatoms. The van der Waals surface area contributed by atoms with Crippen molar-refractivity contribution in [3.8, 4) is 0 Å². The SMILES string of the molecule is CC(c1ccccc1)n1c(F)nc(F)c1C(=O)O.[Ag]. The molecule has 2 aromatic rings. The fraction of sp³-hybridized carbons (Fsp3) is 0.167. The minimum absolute atomic E-state index is 0. The Morgan fingerprint density at radius 1 is 1.32 bits per heavy atom. The molecular formula is C12H10AgF2N2O2. The van der Waals surface area contributed by atoms with Crippen LogP contribution in [0.2, 0.25) is 0 Å². The van der Waals surface area contributed by atoms with Crippen LogP contribution < -0.4 is 0 Å². The van der Waals surface area contributed by atoms with Crippen LogP contribution >= 0.6 is 0 Å². The summed E-state index contributed by atoms with van der Waals surface area (Å²) in [5.74, 6) is -2.87. The molecule has 1 aromatic carbocycles. The topological polar surface area (TPSA) is 55.1 Å². The molecule has 0 saturated heterocycles. The monoisotopic (exact) mass is 359 g/mol.